The van der Waals surface area contributed by atoms with Gasteiger partial charge in [-0.25, -0.2) is 0 Å². The van der Waals surface area contributed by atoms with Gasteiger partial charge in [0.25, 0.3) is 0 Å². The summed E-state index contributed by atoms with van der Waals surface area (Å²) in [5, 5.41) is 16.9. The molecule has 150 valence electrons. The summed E-state index contributed by atoms with van der Waals surface area (Å²) in [6.07, 6.45) is -0.292. The number of nitrogens with zero attached hydrogens (tertiary/aromatic N) is 1. The quantitative estimate of drug-likeness (QED) is 0.663. The fourth-order valence-corrected chi connectivity index (χ4v) is 5.13. The number of rotatable bonds is 3. The van der Waals surface area contributed by atoms with E-state index < -0.39 is 35.4 Å². The van der Waals surface area contributed by atoms with Crippen molar-refractivity contribution in [2.75, 3.05) is 5.32 Å². The summed E-state index contributed by atoms with van der Waals surface area (Å²) in [4.78, 5) is 41.1. The van der Waals surface area contributed by atoms with Crippen LogP contribution in [-0.4, -0.2) is 45.9 Å². The summed E-state index contributed by atoms with van der Waals surface area (Å²) in [6.45, 7) is 7.09. The van der Waals surface area contributed by atoms with Crippen molar-refractivity contribution in [3.63, 3.8) is 0 Å². The Morgan fingerprint density at radius 2 is 1.93 bits per heavy atom. The molecule has 1 aromatic carbocycles. The molecule has 4 rings (SSSR count). The second kappa shape index (κ2) is 6.27. The van der Waals surface area contributed by atoms with Crippen LogP contribution in [0.1, 0.15) is 38.3 Å². The largest absolute Gasteiger partial charge is 0.392 e. The van der Waals surface area contributed by atoms with Crippen molar-refractivity contribution in [1.82, 2.24) is 10.2 Å². The average Bonchev–Trinajstić information content (AvgIpc) is 3.24. The van der Waals surface area contributed by atoms with Crippen LogP contribution in [0.2, 0.25) is 5.02 Å². The second-order valence-electron chi connectivity index (χ2n) is 8.08. The van der Waals surface area contributed by atoms with Crippen LogP contribution in [0.5, 0.6) is 0 Å². The molecular formula is C20H24ClN3O4. The number of carbonyl (C=O) groups is 3. The highest BCUT2D eigenvalue weighted by molar-refractivity contribution is 6.32. The molecule has 3 N–H and O–H groups in total. The summed E-state index contributed by atoms with van der Waals surface area (Å²) >= 11 is 6.22. The van der Waals surface area contributed by atoms with Crippen LogP contribution in [0.25, 0.3) is 0 Å². The molecule has 0 aromatic heterocycles. The first-order valence-electron chi connectivity index (χ1n) is 9.60. The third-order valence-electron chi connectivity index (χ3n) is 6.60. The van der Waals surface area contributed by atoms with Crippen molar-refractivity contribution in [2.45, 2.75) is 57.8 Å². The van der Waals surface area contributed by atoms with Crippen LogP contribution in [0.3, 0.4) is 0 Å². The maximum Gasteiger partial charge on any atom is 0.250 e. The average molecular weight is 406 g/mol. The van der Waals surface area contributed by atoms with Gasteiger partial charge in [0.2, 0.25) is 17.7 Å². The molecule has 3 aliphatic heterocycles. The van der Waals surface area contributed by atoms with Crippen molar-refractivity contribution < 1.29 is 19.5 Å². The van der Waals surface area contributed by atoms with Gasteiger partial charge in [-0.3, -0.25) is 24.6 Å². The van der Waals surface area contributed by atoms with Crippen molar-refractivity contribution in [3.8, 4) is 0 Å². The van der Waals surface area contributed by atoms with Gasteiger partial charge >= 0.3 is 0 Å². The first kappa shape index (κ1) is 19.4. The summed E-state index contributed by atoms with van der Waals surface area (Å²) in [5.41, 5.74) is 0.479. The van der Waals surface area contributed by atoms with Crippen molar-refractivity contribution >= 4 is 35.0 Å². The van der Waals surface area contributed by atoms with Crippen LogP contribution < -0.4 is 10.6 Å². The molecule has 28 heavy (non-hydrogen) atoms. The molecule has 3 amide bonds. The van der Waals surface area contributed by atoms with E-state index in [1.165, 1.54) is 4.90 Å². The lowest BCUT2D eigenvalue weighted by Crippen LogP contribution is -2.55. The summed E-state index contributed by atoms with van der Waals surface area (Å²) in [5.74, 6) is -2.79. The highest BCUT2D eigenvalue weighted by atomic mass is 35.5. The Hall–Kier alpha value is -1.96. The maximum atomic E-state index is 13.4. The number of hydrogen-bond donors (Lipinski definition) is 3. The molecule has 8 heteroatoms. The Balaban J connectivity index is 1.93. The second-order valence-corrected chi connectivity index (χ2v) is 8.48. The number of hydrogen-bond acceptors (Lipinski definition) is 5. The fraction of sp³-hybridized carbons (Fsp3) is 0.550. The number of nitrogens with one attached hydrogen (secondary N) is 2. The molecule has 0 unspecified atom stereocenters. The molecular weight excluding hydrogens is 382 g/mol. The fourth-order valence-electron chi connectivity index (χ4n) is 4.97. The number of amides is 3. The van der Waals surface area contributed by atoms with Gasteiger partial charge in [0.1, 0.15) is 5.54 Å². The van der Waals surface area contributed by atoms with Crippen molar-refractivity contribution in [2.24, 2.45) is 11.8 Å². The predicted octanol–water partition coefficient (Wildman–Crippen LogP) is 1.55. The molecule has 2 saturated heterocycles. The minimum absolute atomic E-state index is 0.270. The van der Waals surface area contributed by atoms with Crippen molar-refractivity contribution in [3.05, 3.63) is 28.3 Å². The van der Waals surface area contributed by atoms with Gasteiger partial charge in [0.15, 0.2) is 0 Å². The molecule has 1 spiro atoms. The zero-order valence-corrected chi connectivity index (χ0v) is 17.0. The minimum atomic E-state index is -1.40. The van der Waals surface area contributed by atoms with E-state index in [1.807, 2.05) is 13.8 Å². The van der Waals surface area contributed by atoms with Gasteiger partial charge in [-0.05, 0) is 38.8 Å². The topological polar surface area (TPSA) is 98.7 Å². The lowest BCUT2D eigenvalue weighted by Gasteiger charge is -2.31. The highest BCUT2D eigenvalue weighted by Gasteiger charge is 2.71. The molecule has 0 saturated carbocycles. The Morgan fingerprint density at radius 1 is 1.25 bits per heavy atom. The van der Waals surface area contributed by atoms with Crippen LogP contribution in [0.4, 0.5) is 5.69 Å². The van der Waals surface area contributed by atoms with E-state index in [1.54, 1.807) is 26.0 Å². The number of likely N-dealkylation sites (tertiary alicyclic amines) is 1. The summed E-state index contributed by atoms with van der Waals surface area (Å²) < 4.78 is 0. The van der Waals surface area contributed by atoms with Gasteiger partial charge in [0, 0.05) is 22.7 Å². The number of benzene rings is 1. The number of anilines is 1. The number of aliphatic hydroxyl groups is 1. The van der Waals surface area contributed by atoms with E-state index in [9.17, 15) is 19.5 Å². The molecule has 1 aromatic rings. The third-order valence-corrected chi connectivity index (χ3v) is 7.01. The van der Waals surface area contributed by atoms with Gasteiger partial charge in [-0.2, -0.15) is 0 Å². The molecule has 2 fully saturated rings. The van der Waals surface area contributed by atoms with Crippen LogP contribution >= 0.6 is 11.6 Å². The maximum absolute atomic E-state index is 13.4. The smallest absolute Gasteiger partial charge is 0.250 e. The molecule has 0 bridgehead atoms. The lowest BCUT2D eigenvalue weighted by molar-refractivity contribution is -0.145. The van der Waals surface area contributed by atoms with Gasteiger partial charge < -0.3 is 10.4 Å². The normalized spacial score (nSPS) is 33.3. The van der Waals surface area contributed by atoms with Crippen LogP contribution in [0, 0.1) is 18.8 Å². The van der Waals surface area contributed by atoms with Gasteiger partial charge in [-0.1, -0.05) is 24.6 Å². The van der Waals surface area contributed by atoms with Gasteiger partial charge in [0.05, 0.1) is 23.6 Å². The summed E-state index contributed by atoms with van der Waals surface area (Å²) in [7, 11) is 0. The highest BCUT2D eigenvalue weighted by Crippen LogP contribution is 2.54. The molecule has 6 atom stereocenters. The van der Waals surface area contributed by atoms with E-state index in [-0.39, 0.29) is 17.9 Å². The molecule has 7 nitrogen and oxygen atoms in total. The van der Waals surface area contributed by atoms with Crippen molar-refractivity contribution in [1.29, 1.82) is 0 Å². The monoisotopic (exact) mass is 405 g/mol. The van der Waals surface area contributed by atoms with Gasteiger partial charge in [-0.15, -0.1) is 0 Å². The number of imide groups is 1. The Kier molecular flexibility index (Phi) is 4.34. The number of carbonyl (C=O) groups excluding carboxylic acids is 3. The number of fused-ring (bicyclic) bond motifs is 4. The first-order chi connectivity index (χ1) is 13.2. The first-order valence-corrected chi connectivity index (χ1v) is 9.98. The minimum Gasteiger partial charge on any atom is -0.392 e. The van der Waals surface area contributed by atoms with E-state index in [0.29, 0.717) is 28.3 Å². The van der Waals surface area contributed by atoms with E-state index in [2.05, 4.69) is 10.6 Å². The predicted molar refractivity (Wildman–Crippen MR) is 104 cm³/mol. The van der Waals surface area contributed by atoms with E-state index in [4.69, 9.17) is 11.6 Å². The molecule has 0 aliphatic carbocycles. The molecule has 3 aliphatic rings. The Morgan fingerprint density at radius 3 is 2.54 bits per heavy atom. The Labute approximate surface area is 168 Å². The number of aliphatic hydroxyl groups excluding tert-OH is 1. The van der Waals surface area contributed by atoms with Crippen LogP contribution in [0.15, 0.2) is 12.1 Å². The molecule has 0 radical (unpaired) electrons. The summed E-state index contributed by atoms with van der Waals surface area (Å²) in [6, 6.07) is 2.44. The van der Waals surface area contributed by atoms with E-state index >= 15 is 0 Å². The lowest BCUT2D eigenvalue weighted by atomic mass is 9.76. The zero-order valence-electron chi connectivity index (χ0n) is 16.2. The Bertz CT molecular complexity index is 902. The van der Waals surface area contributed by atoms with Crippen LogP contribution in [-0.2, 0) is 19.9 Å². The molecule has 3 heterocycles. The van der Waals surface area contributed by atoms with E-state index in [0.717, 1.165) is 0 Å². The third kappa shape index (κ3) is 2.21. The number of halogens is 1. The zero-order chi connectivity index (χ0) is 20.5. The SMILES string of the molecule is CC[C@H](C)N1C(=O)[C@@H]2[C@H]([C@@H](C)O)N[C@]3(C(=O)Nc4c3ccc(Cl)c4C)[C@@H]2C1=O. The standard InChI is InChI=1S/C20H24ClN3O4/c1-5-8(2)24-17(26)13-14(18(24)27)20(23-16(13)10(4)25)11-6-7-12(21)9(3)15(11)22-19(20)28/h6-8,10,13-14,16,23,25H,5H2,1-4H3,(H,22,28)/t8-,10+,13-,14-,16-,20-/m0/s1.